The van der Waals surface area contributed by atoms with Crippen molar-refractivity contribution in [2.45, 2.75) is 25.4 Å². The predicted octanol–water partition coefficient (Wildman–Crippen LogP) is 2.11. The highest BCUT2D eigenvalue weighted by Gasteiger charge is 2.35. The summed E-state index contributed by atoms with van der Waals surface area (Å²) >= 11 is 0. The van der Waals surface area contributed by atoms with Gasteiger partial charge in [0.2, 0.25) is 0 Å². The second-order valence-electron chi connectivity index (χ2n) is 4.62. The van der Waals surface area contributed by atoms with Crippen LogP contribution in [-0.4, -0.2) is 38.9 Å². The number of likely N-dealkylation sites (tertiary alicyclic amines) is 1. The van der Waals surface area contributed by atoms with Gasteiger partial charge in [-0.2, -0.15) is 15.0 Å². The third-order valence-electron chi connectivity index (χ3n) is 3.36. The molecule has 1 aliphatic heterocycles. The molecule has 0 aliphatic carbocycles. The van der Waals surface area contributed by atoms with Gasteiger partial charge in [0, 0.05) is 13.1 Å². The molecule has 1 aromatic carbocycles. The van der Waals surface area contributed by atoms with Crippen LogP contribution in [0.2, 0.25) is 0 Å². The zero-order chi connectivity index (χ0) is 13.2. The van der Waals surface area contributed by atoms with Crippen LogP contribution in [0.25, 0.3) is 5.69 Å². The monoisotopic (exact) mass is 264 g/mol. The molecule has 0 N–H and O–H groups in total. The average molecular weight is 264 g/mol. The molecule has 0 amide bonds. The van der Waals surface area contributed by atoms with Crippen molar-refractivity contribution in [2.24, 2.45) is 0 Å². The third-order valence-corrected chi connectivity index (χ3v) is 3.36. The van der Waals surface area contributed by atoms with Crippen LogP contribution in [0.4, 0.5) is 8.78 Å². The van der Waals surface area contributed by atoms with Crippen LogP contribution in [0.15, 0.2) is 36.5 Å². The zero-order valence-corrected chi connectivity index (χ0v) is 10.3. The molecule has 1 fully saturated rings. The molecule has 0 radical (unpaired) electrons. The zero-order valence-electron chi connectivity index (χ0n) is 10.3. The molecule has 0 bridgehead atoms. The number of hydrogen-bond donors (Lipinski definition) is 0. The molecule has 0 saturated carbocycles. The normalized spacial score (nSPS) is 19.6. The lowest BCUT2D eigenvalue weighted by atomic mass is 10.0. The lowest BCUT2D eigenvalue weighted by Crippen LogP contribution is -2.51. The summed E-state index contributed by atoms with van der Waals surface area (Å²) in [5.74, 6) is 0. The Balaban J connectivity index is 1.69. The minimum atomic E-state index is -2.28. The first-order chi connectivity index (χ1) is 9.24. The molecule has 1 saturated heterocycles. The largest absolute Gasteiger partial charge is 0.289 e. The first-order valence-corrected chi connectivity index (χ1v) is 6.23. The van der Waals surface area contributed by atoms with E-state index in [4.69, 9.17) is 0 Å². The smallest absolute Gasteiger partial charge is 0.253 e. The summed E-state index contributed by atoms with van der Waals surface area (Å²) in [5, 5.41) is 8.47. The van der Waals surface area contributed by atoms with Crippen LogP contribution in [-0.2, 0) is 6.54 Å². The average Bonchev–Trinajstić information content (AvgIpc) is 2.83. The van der Waals surface area contributed by atoms with Crippen molar-refractivity contribution in [1.29, 1.82) is 0 Å². The number of aromatic nitrogens is 3. The second-order valence-corrected chi connectivity index (χ2v) is 4.62. The lowest BCUT2D eigenvalue weighted by molar-refractivity contribution is -0.0394. The summed E-state index contributed by atoms with van der Waals surface area (Å²) < 4.78 is 25.2. The Morgan fingerprint density at radius 1 is 1.26 bits per heavy atom. The molecular formula is C13H14F2N4. The summed E-state index contributed by atoms with van der Waals surface area (Å²) in [6, 6.07) is 8.90. The van der Waals surface area contributed by atoms with Gasteiger partial charge in [0.15, 0.2) is 0 Å². The molecule has 0 unspecified atom stereocenters. The third kappa shape index (κ3) is 2.49. The molecule has 1 aliphatic rings. The first-order valence-electron chi connectivity index (χ1n) is 6.23. The highest BCUT2D eigenvalue weighted by Crippen LogP contribution is 2.25. The Morgan fingerprint density at radius 3 is 2.68 bits per heavy atom. The van der Waals surface area contributed by atoms with Crippen LogP contribution in [0, 0.1) is 0 Å². The van der Waals surface area contributed by atoms with Crippen molar-refractivity contribution in [2.75, 3.05) is 6.54 Å². The maximum Gasteiger partial charge on any atom is 0.253 e. The molecule has 2 aromatic rings. The Labute approximate surface area is 109 Å². The highest BCUT2D eigenvalue weighted by atomic mass is 19.3. The summed E-state index contributed by atoms with van der Waals surface area (Å²) in [6.07, 6.45) is -0.0869. The van der Waals surface area contributed by atoms with E-state index in [0.29, 0.717) is 25.2 Å². The number of hydrogen-bond acceptors (Lipinski definition) is 3. The summed E-state index contributed by atoms with van der Waals surface area (Å²) in [6.45, 7) is 1.13. The van der Waals surface area contributed by atoms with Gasteiger partial charge in [-0.05, 0) is 18.6 Å². The van der Waals surface area contributed by atoms with Crippen molar-refractivity contribution in [3.63, 3.8) is 0 Å². The Bertz CT molecular complexity index is 541. The van der Waals surface area contributed by atoms with Crippen molar-refractivity contribution >= 4 is 0 Å². The van der Waals surface area contributed by atoms with Crippen LogP contribution in [0.5, 0.6) is 0 Å². The first kappa shape index (κ1) is 12.2. The topological polar surface area (TPSA) is 34.0 Å². The fraction of sp³-hybridized carbons (Fsp3) is 0.385. The minimum Gasteiger partial charge on any atom is -0.289 e. The number of para-hydroxylation sites is 1. The molecule has 2 heterocycles. The molecule has 100 valence electrons. The van der Waals surface area contributed by atoms with Gasteiger partial charge in [0.05, 0.1) is 23.6 Å². The summed E-state index contributed by atoms with van der Waals surface area (Å²) in [7, 11) is 0. The Morgan fingerprint density at radius 2 is 2.05 bits per heavy atom. The number of benzene rings is 1. The van der Waals surface area contributed by atoms with Gasteiger partial charge in [0.1, 0.15) is 0 Å². The van der Waals surface area contributed by atoms with Crippen LogP contribution >= 0.6 is 0 Å². The van der Waals surface area contributed by atoms with E-state index in [-0.39, 0.29) is 0 Å². The number of nitrogens with zero attached hydrogens (tertiary/aromatic N) is 4. The van der Waals surface area contributed by atoms with Gasteiger partial charge in [-0.15, -0.1) is 0 Å². The maximum absolute atomic E-state index is 12.6. The second kappa shape index (κ2) is 5.05. The van der Waals surface area contributed by atoms with Crippen molar-refractivity contribution < 1.29 is 8.78 Å². The van der Waals surface area contributed by atoms with Gasteiger partial charge in [-0.3, -0.25) is 4.90 Å². The predicted molar refractivity (Wildman–Crippen MR) is 66.2 cm³/mol. The molecule has 0 spiro atoms. The standard InChI is InChI=1S/C13H14F2N4/c14-13(15)12-6-7-18(12)9-10-8-16-19(17-10)11-4-2-1-3-5-11/h1-5,8,12-13H,6-7,9H2/t12-/m0/s1. The van der Waals surface area contributed by atoms with Crippen molar-refractivity contribution in [1.82, 2.24) is 19.9 Å². The number of rotatable bonds is 4. The molecule has 3 rings (SSSR count). The molecule has 6 heteroatoms. The highest BCUT2D eigenvalue weighted by molar-refractivity contribution is 5.28. The van der Waals surface area contributed by atoms with Gasteiger partial charge in [-0.25, -0.2) is 8.78 Å². The molecular weight excluding hydrogens is 250 g/mol. The molecule has 1 atom stereocenters. The van der Waals surface area contributed by atoms with Crippen molar-refractivity contribution in [3.05, 3.63) is 42.2 Å². The van der Waals surface area contributed by atoms with Crippen LogP contribution in [0.1, 0.15) is 12.1 Å². The van der Waals surface area contributed by atoms with E-state index in [2.05, 4.69) is 10.2 Å². The van der Waals surface area contributed by atoms with Crippen LogP contribution < -0.4 is 0 Å². The SMILES string of the molecule is FC(F)[C@@H]1CCN1Cc1cnn(-c2ccccc2)n1. The maximum atomic E-state index is 12.6. The van der Waals surface area contributed by atoms with Crippen LogP contribution in [0.3, 0.4) is 0 Å². The van der Waals surface area contributed by atoms with Gasteiger partial charge in [-0.1, -0.05) is 18.2 Å². The Kier molecular flexibility index (Phi) is 3.25. The minimum absolute atomic E-state index is 0.432. The van der Waals surface area contributed by atoms with Gasteiger partial charge >= 0.3 is 0 Å². The van der Waals surface area contributed by atoms with E-state index in [0.717, 1.165) is 5.69 Å². The van der Waals surface area contributed by atoms with Crippen molar-refractivity contribution in [3.8, 4) is 5.69 Å². The van der Waals surface area contributed by atoms with E-state index in [1.54, 1.807) is 11.1 Å². The van der Waals surface area contributed by atoms with E-state index in [9.17, 15) is 8.78 Å². The quantitative estimate of drug-likeness (QED) is 0.848. The summed E-state index contributed by atoms with van der Waals surface area (Å²) in [4.78, 5) is 3.26. The van der Waals surface area contributed by atoms with E-state index < -0.39 is 12.5 Å². The fourth-order valence-corrected chi connectivity index (χ4v) is 2.20. The molecule has 19 heavy (non-hydrogen) atoms. The number of halogens is 2. The van der Waals surface area contributed by atoms with E-state index >= 15 is 0 Å². The summed E-state index contributed by atoms with van der Waals surface area (Å²) in [5.41, 5.74) is 1.58. The van der Waals surface area contributed by atoms with E-state index in [1.165, 1.54) is 4.80 Å². The molecule has 4 nitrogen and oxygen atoms in total. The van der Waals surface area contributed by atoms with E-state index in [1.807, 2.05) is 30.3 Å². The Hall–Kier alpha value is -1.82. The fourth-order valence-electron chi connectivity index (χ4n) is 2.20. The van der Waals surface area contributed by atoms with Gasteiger partial charge in [0.25, 0.3) is 6.43 Å². The number of alkyl halides is 2. The molecule has 1 aromatic heterocycles. The van der Waals surface area contributed by atoms with Gasteiger partial charge < -0.3 is 0 Å². The lowest BCUT2D eigenvalue weighted by Gasteiger charge is -2.39.